The first-order valence-corrected chi connectivity index (χ1v) is 10.3. The topological polar surface area (TPSA) is 77.3 Å². The Bertz CT molecular complexity index is 861. The van der Waals surface area contributed by atoms with Gasteiger partial charge in [0.25, 0.3) is 10.2 Å². The molecule has 0 radical (unpaired) electrons. The normalized spacial score (nSPS) is 12.9. The lowest BCUT2D eigenvalue weighted by molar-refractivity contribution is 0.340. The molecule has 2 rings (SSSR count). The molecule has 0 fully saturated rings. The van der Waals surface area contributed by atoms with Crippen molar-refractivity contribution in [2.24, 2.45) is 5.92 Å². The van der Waals surface area contributed by atoms with Gasteiger partial charge in [-0.05, 0) is 36.1 Å². The third-order valence-corrected chi connectivity index (χ3v) is 6.19. The van der Waals surface area contributed by atoms with Gasteiger partial charge in [0.05, 0.1) is 12.0 Å². The lowest BCUT2D eigenvalue weighted by Crippen LogP contribution is -2.42. The average molecular weight is 387 g/mol. The summed E-state index contributed by atoms with van der Waals surface area (Å²) >= 11 is 0. The average Bonchev–Trinajstić information content (AvgIpc) is 2.68. The van der Waals surface area contributed by atoms with Gasteiger partial charge in [0, 0.05) is 39.1 Å². The third kappa shape index (κ3) is 5.86. The molecular formula is C20H26N4O2S. The molecular weight excluding hydrogens is 360 g/mol. The minimum Gasteiger partial charge on any atom is -0.264 e. The molecule has 6 nitrogen and oxygen atoms in total. The molecule has 0 unspecified atom stereocenters. The summed E-state index contributed by atoms with van der Waals surface area (Å²) in [5.41, 5.74) is 2.94. The number of hydrogen-bond donors (Lipinski definition) is 0. The Morgan fingerprint density at radius 2 is 1.74 bits per heavy atom. The van der Waals surface area contributed by atoms with Crippen LogP contribution in [-0.2, 0) is 29.7 Å². The van der Waals surface area contributed by atoms with Crippen LogP contribution >= 0.6 is 0 Å². The van der Waals surface area contributed by atoms with Crippen LogP contribution in [0, 0.1) is 17.2 Å². The molecule has 1 aromatic carbocycles. The molecule has 1 heterocycles. The Balaban J connectivity index is 2.28. The molecule has 0 spiro atoms. The van der Waals surface area contributed by atoms with E-state index in [1.807, 2.05) is 30.3 Å². The highest BCUT2D eigenvalue weighted by atomic mass is 32.2. The van der Waals surface area contributed by atoms with Crippen molar-refractivity contribution in [2.75, 3.05) is 13.6 Å². The summed E-state index contributed by atoms with van der Waals surface area (Å²) in [6.07, 6.45) is 4.26. The molecule has 0 saturated heterocycles. The van der Waals surface area contributed by atoms with Gasteiger partial charge in [0.15, 0.2) is 0 Å². The smallest absolute Gasteiger partial charge is 0.264 e. The van der Waals surface area contributed by atoms with Crippen LogP contribution in [0.4, 0.5) is 0 Å². The number of nitriles is 1. The van der Waals surface area contributed by atoms with Gasteiger partial charge < -0.3 is 0 Å². The molecule has 2 aromatic rings. The maximum absolute atomic E-state index is 13.1. The summed E-state index contributed by atoms with van der Waals surface area (Å²) in [5, 5.41) is 9.01. The van der Waals surface area contributed by atoms with Gasteiger partial charge in [0.2, 0.25) is 0 Å². The Labute approximate surface area is 162 Å². The van der Waals surface area contributed by atoms with Crippen LogP contribution in [0.15, 0.2) is 48.8 Å². The second-order valence-corrected chi connectivity index (χ2v) is 8.65. The molecule has 1 atom stereocenters. The highest BCUT2D eigenvalue weighted by molar-refractivity contribution is 7.86. The molecule has 0 N–H and O–H groups in total. The highest BCUT2D eigenvalue weighted by Gasteiger charge is 2.28. The molecule has 7 heteroatoms. The van der Waals surface area contributed by atoms with E-state index in [1.54, 1.807) is 25.4 Å². The maximum atomic E-state index is 13.1. The lowest BCUT2D eigenvalue weighted by Gasteiger charge is -2.28. The predicted octanol–water partition coefficient (Wildman–Crippen LogP) is 2.98. The Morgan fingerprint density at radius 1 is 1.11 bits per heavy atom. The third-order valence-electron chi connectivity index (χ3n) is 4.34. The van der Waals surface area contributed by atoms with Gasteiger partial charge >= 0.3 is 0 Å². The van der Waals surface area contributed by atoms with Gasteiger partial charge in [-0.1, -0.05) is 37.3 Å². The summed E-state index contributed by atoms with van der Waals surface area (Å²) in [6, 6.07) is 13.7. The number of benzene rings is 1. The zero-order valence-corrected chi connectivity index (χ0v) is 16.9. The number of hydrogen-bond acceptors (Lipinski definition) is 4. The summed E-state index contributed by atoms with van der Waals surface area (Å²) in [4.78, 5) is 4.08. The SMILES string of the molecule is CCc1ccc(CN(Cc2cccnc2)S(=O)(=O)N(C)C[C@@H](C)C#N)cc1. The number of aromatic nitrogens is 1. The van der Waals surface area contributed by atoms with Crippen LogP contribution in [0.25, 0.3) is 0 Å². The van der Waals surface area contributed by atoms with Crippen molar-refractivity contribution < 1.29 is 8.42 Å². The zero-order chi connectivity index (χ0) is 19.9. The fraction of sp³-hybridized carbons (Fsp3) is 0.400. The van der Waals surface area contributed by atoms with E-state index in [0.717, 1.165) is 17.5 Å². The molecule has 0 aliphatic carbocycles. The summed E-state index contributed by atoms with van der Waals surface area (Å²) in [6.45, 7) is 4.42. The molecule has 144 valence electrons. The molecule has 1 aromatic heterocycles. The first-order chi connectivity index (χ1) is 12.9. The van der Waals surface area contributed by atoms with Crippen LogP contribution in [-0.4, -0.2) is 35.6 Å². The van der Waals surface area contributed by atoms with Crippen LogP contribution in [0.5, 0.6) is 0 Å². The Hall–Kier alpha value is -2.27. The van der Waals surface area contributed by atoms with Crippen molar-refractivity contribution >= 4 is 10.2 Å². The molecule has 0 bridgehead atoms. The second kappa shape index (κ2) is 9.60. The van der Waals surface area contributed by atoms with Crippen LogP contribution in [0.3, 0.4) is 0 Å². The number of pyridine rings is 1. The summed E-state index contributed by atoms with van der Waals surface area (Å²) < 4.78 is 28.9. The predicted molar refractivity (Wildman–Crippen MR) is 106 cm³/mol. The molecule has 0 aliphatic heterocycles. The molecule has 0 amide bonds. The summed E-state index contributed by atoms with van der Waals surface area (Å²) in [5.74, 6) is -0.381. The fourth-order valence-electron chi connectivity index (χ4n) is 2.72. The van der Waals surface area contributed by atoms with Crippen molar-refractivity contribution in [1.29, 1.82) is 5.26 Å². The second-order valence-electron chi connectivity index (χ2n) is 6.62. The molecule has 0 aliphatic rings. The van der Waals surface area contributed by atoms with E-state index in [0.29, 0.717) is 0 Å². The fourth-order valence-corrected chi connectivity index (χ4v) is 4.15. The van der Waals surface area contributed by atoms with E-state index < -0.39 is 10.2 Å². The lowest BCUT2D eigenvalue weighted by atomic mass is 10.1. The number of nitrogens with zero attached hydrogens (tertiary/aromatic N) is 4. The van der Waals surface area contributed by atoms with Crippen molar-refractivity contribution in [3.8, 4) is 6.07 Å². The highest BCUT2D eigenvalue weighted by Crippen LogP contribution is 2.18. The standard InChI is InChI=1S/C20H26N4O2S/c1-4-18-7-9-19(10-8-18)15-24(16-20-6-5-11-22-13-20)27(25,26)23(3)14-17(2)12-21/h5-11,13,17H,4,14-16H2,1-3H3/t17-/m0/s1. The van der Waals surface area contributed by atoms with Gasteiger partial charge in [-0.25, -0.2) is 0 Å². The molecule has 0 saturated carbocycles. The first kappa shape index (κ1) is 21.0. The van der Waals surface area contributed by atoms with E-state index in [2.05, 4.69) is 18.0 Å². The Kier molecular flexibility index (Phi) is 7.48. The van der Waals surface area contributed by atoms with Crippen LogP contribution in [0.2, 0.25) is 0 Å². The van der Waals surface area contributed by atoms with Crippen molar-refractivity contribution in [1.82, 2.24) is 13.6 Å². The largest absolute Gasteiger partial charge is 0.282 e. The van der Waals surface area contributed by atoms with Gasteiger partial charge in [-0.3, -0.25) is 4.98 Å². The zero-order valence-electron chi connectivity index (χ0n) is 16.0. The minimum atomic E-state index is -3.73. The first-order valence-electron chi connectivity index (χ1n) is 8.94. The van der Waals surface area contributed by atoms with E-state index in [4.69, 9.17) is 5.26 Å². The van der Waals surface area contributed by atoms with Gasteiger partial charge in [-0.2, -0.15) is 22.3 Å². The van der Waals surface area contributed by atoms with E-state index >= 15 is 0 Å². The number of rotatable bonds is 9. The Morgan fingerprint density at radius 3 is 2.30 bits per heavy atom. The van der Waals surface area contributed by atoms with Crippen molar-refractivity contribution in [3.05, 3.63) is 65.5 Å². The quantitative estimate of drug-likeness (QED) is 0.664. The summed E-state index contributed by atoms with van der Waals surface area (Å²) in [7, 11) is -2.22. The van der Waals surface area contributed by atoms with Crippen molar-refractivity contribution in [2.45, 2.75) is 33.4 Å². The maximum Gasteiger partial charge on any atom is 0.282 e. The van der Waals surface area contributed by atoms with E-state index in [-0.39, 0.29) is 25.6 Å². The van der Waals surface area contributed by atoms with Crippen LogP contribution < -0.4 is 0 Å². The van der Waals surface area contributed by atoms with Crippen molar-refractivity contribution in [3.63, 3.8) is 0 Å². The van der Waals surface area contributed by atoms with E-state index in [9.17, 15) is 8.42 Å². The number of aryl methyl sites for hydroxylation is 1. The minimum absolute atomic E-state index is 0.150. The monoisotopic (exact) mass is 386 g/mol. The van der Waals surface area contributed by atoms with Gasteiger partial charge in [-0.15, -0.1) is 0 Å². The van der Waals surface area contributed by atoms with E-state index in [1.165, 1.54) is 21.2 Å². The van der Waals surface area contributed by atoms with Crippen LogP contribution in [0.1, 0.15) is 30.5 Å². The molecule has 27 heavy (non-hydrogen) atoms. The van der Waals surface area contributed by atoms with Gasteiger partial charge in [0.1, 0.15) is 0 Å².